The van der Waals surface area contributed by atoms with Crippen molar-refractivity contribution in [3.8, 4) is 11.3 Å². The molecule has 0 spiro atoms. The summed E-state index contributed by atoms with van der Waals surface area (Å²) < 4.78 is 94.9. The maximum atomic E-state index is 14.4. The van der Waals surface area contributed by atoms with E-state index < -0.39 is 40.7 Å². The molecule has 29 heavy (non-hydrogen) atoms. The summed E-state index contributed by atoms with van der Waals surface area (Å²) in [6, 6.07) is 1.89. The molecule has 0 aliphatic carbocycles. The fraction of sp³-hybridized carbons (Fsp3) is 0.333. The molecule has 0 radical (unpaired) electrons. The monoisotopic (exact) mass is 420 g/mol. The van der Waals surface area contributed by atoms with Gasteiger partial charge in [0.1, 0.15) is 5.82 Å². The number of anilines is 1. The van der Waals surface area contributed by atoms with Gasteiger partial charge in [0.2, 0.25) is 0 Å². The van der Waals surface area contributed by atoms with Crippen LogP contribution in [-0.2, 0) is 11.6 Å². The summed E-state index contributed by atoms with van der Waals surface area (Å²) in [6.07, 6.45) is -7.76. The van der Waals surface area contributed by atoms with E-state index in [2.05, 4.69) is 9.97 Å². The predicted molar refractivity (Wildman–Crippen MR) is 91.6 cm³/mol. The van der Waals surface area contributed by atoms with Crippen molar-refractivity contribution in [3.05, 3.63) is 47.2 Å². The van der Waals surface area contributed by atoms with E-state index in [1.165, 1.54) is 6.92 Å². The van der Waals surface area contributed by atoms with Crippen LogP contribution in [0.15, 0.2) is 24.5 Å². The molecule has 1 aromatic carbocycles. The standard InChI is InChI=1S/C18H15F7N4/c1-8-4-11(19)10(16(2,3)18(23,24)25)5-9(8)12-6-27-15-14(26)28-13(7-29(12)15)17(20,21)22/h4-7H,1-3H3,(H2,26,28). The number of hydrogen-bond donors (Lipinski definition) is 1. The molecule has 4 nitrogen and oxygen atoms in total. The maximum absolute atomic E-state index is 14.4. The third-order valence-corrected chi connectivity index (χ3v) is 4.78. The number of alkyl halides is 6. The SMILES string of the molecule is Cc1cc(F)c(C(C)(C)C(F)(F)F)cc1-c1cnc2c(N)nc(C(F)(F)F)cn12. The Morgan fingerprint density at radius 1 is 1.03 bits per heavy atom. The molecule has 3 rings (SSSR count). The number of nitrogen functional groups attached to an aromatic ring is 1. The molecule has 0 saturated carbocycles. The fourth-order valence-electron chi connectivity index (χ4n) is 2.93. The lowest BCUT2D eigenvalue weighted by Crippen LogP contribution is -2.37. The molecule has 156 valence electrons. The molecule has 0 aliphatic heterocycles. The average Bonchev–Trinajstić information content (AvgIpc) is 2.97. The Balaban J connectivity index is 2.31. The molecule has 0 amide bonds. The lowest BCUT2D eigenvalue weighted by Gasteiger charge is -2.29. The maximum Gasteiger partial charge on any atom is 0.434 e. The van der Waals surface area contributed by atoms with E-state index in [-0.39, 0.29) is 22.5 Å². The first-order valence-corrected chi connectivity index (χ1v) is 8.23. The van der Waals surface area contributed by atoms with Crippen LogP contribution in [0.1, 0.15) is 30.7 Å². The molecule has 2 heterocycles. The Morgan fingerprint density at radius 2 is 1.66 bits per heavy atom. The number of nitrogens with two attached hydrogens (primary N) is 1. The number of benzene rings is 1. The Bertz CT molecular complexity index is 1090. The van der Waals surface area contributed by atoms with Crippen molar-refractivity contribution in [3.63, 3.8) is 0 Å². The van der Waals surface area contributed by atoms with E-state index in [0.717, 1.165) is 36.6 Å². The molecule has 3 aromatic rings. The quantitative estimate of drug-likeness (QED) is 0.574. The van der Waals surface area contributed by atoms with Crippen LogP contribution in [0.3, 0.4) is 0 Å². The van der Waals surface area contributed by atoms with Gasteiger partial charge >= 0.3 is 12.4 Å². The first kappa shape index (κ1) is 20.9. The zero-order valence-electron chi connectivity index (χ0n) is 15.4. The highest BCUT2D eigenvalue weighted by molar-refractivity contribution is 5.72. The summed E-state index contributed by atoms with van der Waals surface area (Å²) in [4.78, 5) is 7.18. The number of rotatable bonds is 2. The molecule has 0 atom stereocenters. The van der Waals surface area contributed by atoms with E-state index >= 15 is 0 Å². The molecule has 0 bridgehead atoms. The largest absolute Gasteiger partial charge is 0.434 e. The number of aromatic nitrogens is 3. The van der Waals surface area contributed by atoms with Gasteiger partial charge in [0.05, 0.1) is 17.3 Å². The number of hydrogen-bond acceptors (Lipinski definition) is 3. The predicted octanol–water partition coefficient (Wildman–Crippen LogP) is 5.28. The molecular formula is C18H15F7N4. The Hall–Kier alpha value is -2.85. The number of fused-ring (bicyclic) bond motifs is 1. The van der Waals surface area contributed by atoms with Crippen molar-refractivity contribution in [2.24, 2.45) is 0 Å². The molecule has 0 fully saturated rings. The Kier molecular flexibility index (Phi) is 4.55. The van der Waals surface area contributed by atoms with E-state index in [4.69, 9.17) is 5.73 Å². The van der Waals surface area contributed by atoms with Crippen molar-refractivity contribution in [2.75, 3.05) is 5.73 Å². The molecule has 11 heteroatoms. The third kappa shape index (κ3) is 3.38. The number of halogens is 7. The van der Waals surface area contributed by atoms with Gasteiger partial charge < -0.3 is 5.73 Å². The van der Waals surface area contributed by atoms with E-state index in [1.807, 2.05) is 0 Å². The summed E-state index contributed by atoms with van der Waals surface area (Å²) >= 11 is 0. The average molecular weight is 420 g/mol. The minimum absolute atomic E-state index is 0.0244. The minimum atomic E-state index is -4.80. The lowest BCUT2D eigenvalue weighted by molar-refractivity contribution is -0.180. The summed E-state index contributed by atoms with van der Waals surface area (Å²) in [7, 11) is 0. The van der Waals surface area contributed by atoms with Crippen LogP contribution in [0, 0.1) is 12.7 Å². The van der Waals surface area contributed by atoms with Gasteiger partial charge in [-0.2, -0.15) is 26.3 Å². The second-order valence-corrected chi connectivity index (χ2v) is 7.12. The van der Waals surface area contributed by atoms with E-state index in [1.54, 1.807) is 0 Å². The van der Waals surface area contributed by atoms with Gasteiger partial charge in [-0.05, 0) is 38.5 Å². The molecule has 2 N–H and O–H groups in total. The first-order valence-electron chi connectivity index (χ1n) is 8.23. The van der Waals surface area contributed by atoms with Crippen LogP contribution in [0.2, 0.25) is 0 Å². The molecule has 0 saturated heterocycles. The van der Waals surface area contributed by atoms with E-state index in [9.17, 15) is 30.7 Å². The normalized spacial score (nSPS) is 13.3. The van der Waals surface area contributed by atoms with Crippen LogP contribution < -0.4 is 5.73 Å². The first-order chi connectivity index (χ1) is 13.1. The zero-order valence-corrected chi connectivity index (χ0v) is 15.4. The van der Waals surface area contributed by atoms with Gasteiger partial charge in [0.15, 0.2) is 17.2 Å². The number of nitrogens with zero attached hydrogens (tertiary/aromatic N) is 3. The molecule has 0 aliphatic rings. The summed E-state index contributed by atoms with van der Waals surface area (Å²) in [6.45, 7) is 3.07. The summed E-state index contributed by atoms with van der Waals surface area (Å²) in [5.74, 6) is -1.57. The van der Waals surface area contributed by atoms with Crippen molar-refractivity contribution in [1.82, 2.24) is 14.4 Å². The van der Waals surface area contributed by atoms with Crippen molar-refractivity contribution < 1.29 is 30.7 Å². The van der Waals surface area contributed by atoms with Crippen LogP contribution in [0.4, 0.5) is 36.6 Å². The topological polar surface area (TPSA) is 56.2 Å². The highest BCUT2D eigenvalue weighted by atomic mass is 19.4. The van der Waals surface area contributed by atoms with Crippen LogP contribution in [-0.4, -0.2) is 20.5 Å². The van der Waals surface area contributed by atoms with Gasteiger partial charge in [0, 0.05) is 17.3 Å². The molecular weight excluding hydrogens is 405 g/mol. The number of imidazole rings is 1. The lowest BCUT2D eigenvalue weighted by atomic mass is 9.81. The van der Waals surface area contributed by atoms with Crippen LogP contribution >= 0.6 is 0 Å². The molecule has 2 aromatic heterocycles. The van der Waals surface area contributed by atoms with Gasteiger partial charge in [-0.15, -0.1) is 0 Å². The Labute approximate surface area is 160 Å². The van der Waals surface area contributed by atoms with Crippen molar-refractivity contribution in [1.29, 1.82) is 0 Å². The van der Waals surface area contributed by atoms with Gasteiger partial charge in [-0.1, -0.05) is 0 Å². The van der Waals surface area contributed by atoms with Crippen LogP contribution in [0.25, 0.3) is 16.9 Å². The van der Waals surface area contributed by atoms with Crippen molar-refractivity contribution in [2.45, 2.75) is 38.5 Å². The van der Waals surface area contributed by atoms with Crippen LogP contribution in [0.5, 0.6) is 0 Å². The highest BCUT2D eigenvalue weighted by Gasteiger charge is 2.50. The summed E-state index contributed by atoms with van der Waals surface area (Å²) in [5.41, 5.74) is 1.32. The van der Waals surface area contributed by atoms with Crippen molar-refractivity contribution >= 4 is 11.5 Å². The second kappa shape index (κ2) is 6.33. The fourth-order valence-corrected chi connectivity index (χ4v) is 2.93. The zero-order chi connectivity index (χ0) is 21.9. The third-order valence-electron chi connectivity index (χ3n) is 4.78. The molecule has 0 unspecified atom stereocenters. The minimum Gasteiger partial charge on any atom is -0.381 e. The Morgan fingerprint density at radius 3 is 2.21 bits per heavy atom. The second-order valence-electron chi connectivity index (χ2n) is 7.12. The van der Waals surface area contributed by atoms with Gasteiger partial charge in [0.25, 0.3) is 0 Å². The van der Waals surface area contributed by atoms with Gasteiger partial charge in [-0.25, -0.2) is 14.4 Å². The van der Waals surface area contributed by atoms with E-state index in [0.29, 0.717) is 6.20 Å². The van der Waals surface area contributed by atoms with Gasteiger partial charge in [-0.3, -0.25) is 4.40 Å². The highest BCUT2D eigenvalue weighted by Crippen LogP contribution is 2.43. The summed E-state index contributed by atoms with van der Waals surface area (Å²) in [5, 5.41) is 0. The number of aryl methyl sites for hydroxylation is 1. The smallest absolute Gasteiger partial charge is 0.381 e.